The molecule has 0 aliphatic rings. The summed E-state index contributed by atoms with van der Waals surface area (Å²) in [5.41, 5.74) is 1.86. The van der Waals surface area contributed by atoms with Gasteiger partial charge in [0.15, 0.2) is 0 Å². The van der Waals surface area contributed by atoms with Crippen molar-refractivity contribution >= 4 is 33.9 Å². The molecule has 314 valence electrons. The summed E-state index contributed by atoms with van der Waals surface area (Å²) >= 11 is 0. The first-order valence-corrected chi connectivity index (χ1v) is 22.3. The lowest BCUT2D eigenvalue weighted by Crippen LogP contribution is -2.37. The Morgan fingerprint density at radius 1 is 0.893 bits per heavy atom. The van der Waals surface area contributed by atoms with Crippen LogP contribution in [-0.2, 0) is 19.6 Å². The van der Waals surface area contributed by atoms with Crippen molar-refractivity contribution in [3.63, 3.8) is 0 Å². The second-order valence-electron chi connectivity index (χ2n) is 15.1. The second kappa shape index (κ2) is 26.3. The van der Waals surface area contributed by atoms with Crippen molar-refractivity contribution in [2.24, 2.45) is 0 Å². The number of rotatable bonds is 28. The molecule has 1 heterocycles. The molecular formula is C43H68FN5O6S. The van der Waals surface area contributed by atoms with Gasteiger partial charge in [0.25, 0.3) is 0 Å². The van der Waals surface area contributed by atoms with Crippen molar-refractivity contribution in [2.75, 3.05) is 37.7 Å². The van der Waals surface area contributed by atoms with Gasteiger partial charge in [-0.1, -0.05) is 96.4 Å². The fourth-order valence-electron chi connectivity index (χ4n) is 6.16. The number of halogens is 1. The third-order valence-corrected chi connectivity index (χ3v) is 10.8. The normalized spacial score (nSPS) is 13.1. The van der Waals surface area contributed by atoms with E-state index in [1.807, 2.05) is 13.8 Å². The van der Waals surface area contributed by atoms with Crippen LogP contribution < -0.4 is 9.62 Å². The summed E-state index contributed by atoms with van der Waals surface area (Å²) in [5, 5.41) is 24.1. The van der Waals surface area contributed by atoms with Crippen LogP contribution in [-0.4, -0.2) is 91.0 Å². The summed E-state index contributed by atoms with van der Waals surface area (Å²) in [4.78, 5) is 35.7. The van der Waals surface area contributed by atoms with E-state index in [0.717, 1.165) is 36.2 Å². The molecule has 0 bridgehead atoms. The molecule has 0 aliphatic carbocycles. The first-order chi connectivity index (χ1) is 26.6. The molecule has 3 N–H and O–H groups in total. The molecular weight excluding hydrogens is 734 g/mol. The summed E-state index contributed by atoms with van der Waals surface area (Å²) in [6, 6.07) is 5.59. The Morgan fingerprint density at radius 3 is 2.07 bits per heavy atom. The van der Waals surface area contributed by atoms with Crippen LogP contribution in [0.25, 0.3) is 17.3 Å². The third kappa shape index (κ3) is 19.0. The second-order valence-corrected chi connectivity index (χ2v) is 17.1. The van der Waals surface area contributed by atoms with E-state index in [1.165, 1.54) is 95.2 Å². The Hall–Kier alpha value is -3.68. The van der Waals surface area contributed by atoms with Crippen molar-refractivity contribution in [3.8, 4) is 11.3 Å². The van der Waals surface area contributed by atoms with E-state index in [4.69, 9.17) is 0 Å². The molecule has 2 rings (SSSR count). The smallest absolute Gasteiger partial charge is 0.239 e. The highest BCUT2D eigenvalue weighted by Crippen LogP contribution is 2.32. The number of anilines is 1. The van der Waals surface area contributed by atoms with Gasteiger partial charge in [0.1, 0.15) is 5.82 Å². The monoisotopic (exact) mass is 801 g/mol. The van der Waals surface area contributed by atoms with Gasteiger partial charge in [-0.25, -0.2) is 27.1 Å². The zero-order valence-electron chi connectivity index (χ0n) is 34.7. The maximum atomic E-state index is 13.8. The van der Waals surface area contributed by atoms with Crippen LogP contribution in [0.2, 0.25) is 0 Å². The molecule has 2 atom stereocenters. The Balaban J connectivity index is 1.77. The number of hydrogen-bond donors (Lipinski definition) is 3. The number of nitrogens with zero attached hydrogens (tertiary/aromatic N) is 4. The van der Waals surface area contributed by atoms with Gasteiger partial charge >= 0.3 is 0 Å². The number of benzene rings is 1. The Kier molecular flexibility index (Phi) is 22.7. The standard InChI is InChI=1S/C43H68FN5O6S/c1-7-8-9-10-11-12-13-14-15-16-17-18-19-20-21-22-40(53)48(4)30-29-45-39(52)32-37(51)31-36(50)27-28-38-41(33(2)3)46-43(49(5)56(6,54)55)47-42(38)34-23-25-35(44)26-24-34/h14-15,23-28,33,36-37,50-51H,7-13,16-22,29-32H2,1-6H3,(H,45,52)/b15-14-,28-27+/t36-,37-/m1/s1. The number of aliphatic hydroxyl groups excluding tert-OH is 2. The number of aliphatic hydroxyl groups is 2. The first-order valence-electron chi connectivity index (χ1n) is 20.5. The summed E-state index contributed by atoms with van der Waals surface area (Å²) < 4.78 is 39.3. The average Bonchev–Trinajstić information content (AvgIpc) is 3.14. The van der Waals surface area contributed by atoms with Crippen molar-refractivity contribution in [2.45, 2.75) is 142 Å². The predicted molar refractivity (Wildman–Crippen MR) is 225 cm³/mol. The molecule has 0 saturated heterocycles. The molecule has 0 unspecified atom stereocenters. The molecule has 0 radical (unpaired) electrons. The fourth-order valence-corrected chi connectivity index (χ4v) is 6.53. The molecule has 13 heteroatoms. The Bertz CT molecular complexity index is 1630. The van der Waals surface area contributed by atoms with Crippen molar-refractivity contribution < 1.29 is 32.6 Å². The van der Waals surface area contributed by atoms with Crippen LogP contribution >= 0.6 is 0 Å². The van der Waals surface area contributed by atoms with Crippen LogP contribution in [0.4, 0.5) is 10.3 Å². The molecule has 0 saturated carbocycles. The molecule has 0 aliphatic heterocycles. The molecule has 2 aromatic rings. The summed E-state index contributed by atoms with van der Waals surface area (Å²) in [5.74, 6) is -1.04. The first kappa shape index (κ1) is 48.5. The highest BCUT2D eigenvalue weighted by molar-refractivity contribution is 7.92. The molecule has 56 heavy (non-hydrogen) atoms. The number of unbranched alkanes of at least 4 members (excludes halogenated alkanes) is 11. The number of carbonyl (C=O) groups excluding carboxylic acids is 2. The summed E-state index contributed by atoms with van der Waals surface area (Å²) in [6.45, 7) is 6.61. The van der Waals surface area contributed by atoms with E-state index in [1.54, 1.807) is 18.0 Å². The lowest BCUT2D eigenvalue weighted by atomic mass is 9.97. The third-order valence-electron chi connectivity index (χ3n) is 9.67. The Labute approximate surface area is 335 Å². The minimum atomic E-state index is -3.68. The van der Waals surface area contributed by atoms with E-state index >= 15 is 0 Å². The van der Waals surface area contributed by atoms with Gasteiger partial charge in [-0.15, -0.1) is 0 Å². The van der Waals surface area contributed by atoms with Crippen LogP contribution in [0.15, 0.2) is 42.5 Å². The van der Waals surface area contributed by atoms with E-state index < -0.39 is 34.0 Å². The van der Waals surface area contributed by atoms with Crippen LogP contribution in [0.1, 0.15) is 141 Å². The molecule has 2 amide bonds. The van der Waals surface area contributed by atoms with Gasteiger partial charge in [-0.05, 0) is 62.3 Å². The number of likely N-dealkylation sites (N-methyl/N-ethyl adjacent to an activating group) is 1. The van der Waals surface area contributed by atoms with Gasteiger partial charge in [0.2, 0.25) is 27.8 Å². The number of sulfonamides is 1. The predicted octanol–water partition coefficient (Wildman–Crippen LogP) is 7.93. The molecule has 0 spiro atoms. The number of nitrogens with one attached hydrogen (secondary N) is 1. The molecule has 1 aromatic carbocycles. The lowest BCUT2D eigenvalue weighted by Gasteiger charge is -2.20. The molecule has 1 aromatic heterocycles. The number of hydrogen-bond acceptors (Lipinski definition) is 8. The number of carbonyl (C=O) groups is 2. The van der Waals surface area contributed by atoms with Crippen LogP contribution in [0.3, 0.4) is 0 Å². The summed E-state index contributed by atoms with van der Waals surface area (Å²) in [6.07, 6.45) is 22.2. The van der Waals surface area contributed by atoms with Crippen molar-refractivity contribution in [1.82, 2.24) is 20.2 Å². The highest BCUT2D eigenvalue weighted by atomic mass is 32.2. The summed E-state index contributed by atoms with van der Waals surface area (Å²) in [7, 11) is -0.615. The SMILES string of the molecule is CCCCCCCC/C=C\CCCCCCCC(=O)N(C)CCNC(=O)C[C@H](O)C[C@H](O)/C=C/c1c(-c2ccc(F)cc2)nc(N(C)S(C)(=O)=O)nc1C(C)C. The fraction of sp³-hybridized carbons (Fsp3) is 0.628. The largest absolute Gasteiger partial charge is 0.392 e. The number of amides is 2. The minimum absolute atomic E-state index is 0.0393. The lowest BCUT2D eigenvalue weighted by molar-refractivity contribution is -0.130. The average molecular weight is 802 g/mol. The number of aromatic nitrogens is 2. The highest BCUT2D eigenvalue weighted by Gasteiger charge is 2.23. The van der Waals surface area contributed by atoms with E-state index in [2.05, 4.69) is 34.4 Å². The van der Waals surface area contributed by atoms with Crippen LogP contribution in [0, 0.1) is 5.82 Å². The van der Waals surface area contributed by atoms with E-state index in [-0.39, 0.29) is 37.2 Å². The van der Waals surface area contributed by atoms with Gasteiger partial charge in [-0.3, -0.25) is 9.59 Å². The van der Waals surface area contributed by atoms with Crippen LogP contribution in [0.5, 0.6) is 0 Å². The van der Waals surface area contributed by atoms with Crippen molar-refractivity contribution in [1.29, 1.82) is 0 Å². The van der Waals surface area contributed by atoms with Gasteiger partial charge in [0.05, 0.1) is 36.3 Å². The van der Waals surface area contributed by atoms with E-state index in [9.17, 15) is 32.6 Å². The zero-order valence-corrected chi connectivity index (χ0v) is 35.5. The molecule has 11 nitrogen and oxygen atoms in total. The molecule has 0 fully saturated rings. The Morgan fingerprint density at radius 2 is 1.48 bits per heavy atom. The van der Waals surface area contributed by atoms with Gasteiger partial charge in [0, 0.05) is 51.2 Å². The van der Waals surface area contributed by atoms with Crippen molar-refractivity contribution in [3.05, 3.63) is 59.6 Å². The zero-order chi connectivity index (χ0) is 41.5. The minimum Gasteiger partial charge on any atom is -0.392 e. The van der Waals surface area contributed by atoms with E-state index in [0.29, 0.717) is 35.5 Å². The quantitative estimate of drug-likeness (QED) is 0.0580. The van der Waals surface area contributed by atoms with Gasteiger partial charge < -0.3 is 20.4 Å². The topological polar surface area (TPSA) is 153 Å². The maximum Gasteiger partial charge on any atom is 0.239 e. The van der Waals surface area contributed by atoms with Gasteiger partial charge in [-0.2, -0.15) is 0 Å². The number of allylic oxidation sites excluding steroid dienone is 2. The maximum absolute atomic E-state index is 13.8.